The Morgan fingerprint density at radius 1 is 0.375 bits per heavy atom. The lowest BCUT2D eigenvalue weighted by Crippen LogP contribution is -2.46. The zero-order chi connectivity index (χ0) is 41.1. The van der Waals surface area contributed by atoms with Crippen LogP contribution in [0.2, 0.25) is 0 Å². The molecule has 3 unspecified atom stereocenters. The van der Waals surface area contributed by atoms with Gasteiger partial charge < -0.3 is 0 Å². The summed E-state index contributed by atoms with van der Waals surface area (Å²) >= 11 is 0. The van der Waals surface area contributed by atoms with Crippen LogP contribution in [0.15, 0.2) is 0 Å². The lowest BCUT2D eigenvalue weighted by Gasteiger charge is -2.49. The average molecular weight is 763 g/mol. The van der Waals surface area contributed by atoms with E-state index in [9.17, 15) is 0 Å². The molecule has 0 aromatic rings. The number of terminal acetylenes is 1. The smallest absolute Gasteiger partial charge is 0.0598 e. The summed E-state index contributed by atoms with van der Waals surface area (Å²) in [4.78, 5) is 0. The van der Waals surface area contributed by atoms with Gasteiger partial charge in [-0.25, -0.2) is 0 Å². The summed E-state index contributed by atoms with van der Waals surface area (Å²) in [5.74, 6) is 40.7. The van der Waals surface area contributed by atoms with Gasteiger partial charge >= 0.3 is 0 Å². The first-order chi connectivity index (χ1) is 27.6. The van der Waals surface area contributed by atoms with Gasteiger partial charge in [0.1, 0.15) is 0 Å². The van der Waals surface area contributed by atoms with E-state index in [1.165, 1.54) is 128 Å². The molecule has 0 nitrogen and oxygen atoms in total. The van der Waals surface area contributed by atoms with E-state index in [0.29, 0.717) is 12.3 Å². The van der Waals surface area contributed by atoms with Gasteiger partial charge in [0.25, 0.3) is 0 Å². The van der Waals surface area contributed by atoms with E-state index < -0.39 is 5.41 Å². The Morgan fingerprint density at radius 2 is 0.786 bits per heavy atom. The summed E-state index contributed by atoms with van der Waals surface area (Å²) in [6.45, 7) is 13.7. The summed E-state index contributed by atoms with van der Waals surface area (Å²) in [5, 5.41) is 0. The molecule has 0 aromatic carbocycles. The average Bonchev–Trinajstić information content (AvgIpc) is 3.21. The second-order valence-electron chi connectivity index (χ2n) is 16.5. The predicted octanol–water partition coefficient (Wildman–Crippen LogP) is 17.0. The van der Waals surface area contributed by atoms with Crippen molar-refractivity contribution in [3.8, 4) is 71.5 Å². The molecule has 0 amide bonds. The van der Waals surface area contributed by atoms with Crippen LogP contribution < -0.4 is 0 Å². The van der Waals surface area contributed by atoms with Crippen molar-refractivity contribution in [1.82, 2.24) is 0 Å². The molecule has 0 N–H and O–H groups in total. The van der Waals surface area contributed by atoms with Crippen LogP contribution in [-0.4, -0.2) is 0 Å². The van der Waals surface area contributed by atoms with Gasteiger partial charge in [-0.3, -0.25) is 0 Å². The van der Waals surface area contributed by atoms with Gasteiger partial charge in [0, 0.05) is 57.8 Å². The zero-order valence-corrected chi connectivity index (χ0v) is 38.4. The zero-order valence-electron chi connectivity index (χ0n) is 38.4. The van der Waals surface area contributed by atoms with E-state index in [1.54, 1.807) is 0 Å². The van der Waals surface area contributed by atoms with E-state index in [0.717, 1.165) is 89.9 Å². The predicted molar refractivity (Wildman–Crippen MR) is 252 cm³/mol. The minimum absolute atomic E-state index is 0.292. The fraction of sp³-hybridized carbons (Fsp3) is 0.786. The first-order valence-electron chi connectivity index (χ1n) is 24.4. The highest BCUT2D eigenvalue weighted by atomic mass is 14.5. The highest BCUT2D eigenvalue weighted by Gasteiger charge is 2.52. The Morgan fingerprint density at radius 3 is 1.36 bits per heavy atom. The fourth-order valence-corrected chi connectivity index (χ4v) is 7.88. The number of rotatable bonds is 32. The SMILES string of the molecule is C#CC(CC#CCCCCCC)(CCC#CCCCCC)C(C#CCCCCCCCC)(CCCC#CCCCC)C(CC#CCCCCCCC)CCCC. The molecule has 0 saturated carbocycles. The van der Waals surface area contributed by atoms with Crippen molar-refractivity contribution in [2.24, 2.45) is 16.7 Å². The van der Waals surface area contributed by atoms with Crippen molar-refractivity contribution >= 4 is 0 Å². The van der Waals surface area contributed by atoms with Crippen LogP contribution in [0.1, 0.15) is 266 Å². The van der Waals surface area contributed by atoms with E-state index in [4.69, 9.17) is 6.42 Å². The number of unbranched alkanes of at least 4 members (excludes halogenated alkanes) is 22. The molecule has 0 bridgehead atoms. The maximum Gasteiger partial charge on any atom is 0.0598 e. The maximum atomic E-state index is 6.94. The molecule has 0 heteroatoms. The molecule has 3 atom stereocenters. The van der Waals surface area contributed by atoms with Gasteiger partial charge in [0.2, 0.25) is 0 Å². The third-order valence-electron chi connectivity index (χ3n) is 11.6. The molecule has 56 heavy (non-hydrogen) atoms. The minimum atomic E-state index is -0.495. The lowest BCUT2D eigenvalue weighted by molar-refractivity contribution is 0.0604. The molecule has 0 aromatic heterocycles. The van der Waals surface area contributed by atoms with Crippen LogP contribution in [0.5, 0.6) is 0 Å². The van der Waals surface area contributed by atoms with E-state index >= 15 is 0 Å². The molecule has 0 radical (unpaired) electrons. The largest absolute Gasteiger partial charge is 0.119 e. The van der Waals surface area contributed by atoms with Crippen molar-refractivity contribution < 1.29 is 0 Å². The van der Waals surface area contributed by atoms with E-state index in [-0.39, 0.29) is 5.41 Å². The molecule has 0 aliphatic rings. The van der Waals surface area contributed by atoms with Crippen molar-refractivity contribution in [2.45, 2.75) is 266 Å². The van der Waals surface area contributed by atoms with E-state index in [2.05, 4.69) is 107 Å². The van der Waals surface area contributed by atoms with Gasteiger partial charge in [-0.2, -0.15) is 0 Å². The molecule has 314 valence electrons. The fourth-order valence-electron chi connectivity index (χ4n) is 7.88. The van der Waals surface area contributed by atoms with Crippen LogP contribution in [0.25, 0.3) is 0 Å². The molecule has 0 fully saturated rings. The first-order valence-corrected chi connectivity index (χ1v) is 24.4. The van der Waals surface area contributed by atoms with Crippen molar-refractivity contribution in [3.63, 3.8) is 0 Å². The summed E-state index contributed by atoms with van der Waals surface area (Å²) < 4.78 is 0. The van der Waals surface area contributed by atoms with Gasteiger partial charge in [-0.05, 0) is 63.7 Å². The summed E-state index contributed by atoms with van der Waals surface area (Å²) in [6.07, 6.45) is 46.3. The van der Waals surface area contributed by atoms with E-state index in [1.807, 2.05) is 0 Å². The standard InChI is InChI=1S/C56H90/c1-8-15-21-26-31-33-38-43-49-54(48-20-13-6)56(52-46-41-36-30-25-19-12-5,53-47-42-37-32-27-22-16-9-2)55(14-7,50-44-39-34-28-23-17-10-3)51-45-40-35-29-24-18-11-4/h7,54H,8-13,15-29,31-34,37,41-42,45-46,48-52H2,1-6H3. The second-order valence-corrected chi connectivity index (χ2v) is 16.5. The molecular weight excluding hydrogens is 673 g/mol. The molecule has 0 rings (SSSR count). The third-order valence-corrected chi connectivity index (χ3v) is 11.6. The summed E-state index contributed by atoms with van der Waals surface area (Å²) in [5.41, 5.74) is -0.883. The highest BCUT2D eigenvalue weighted by molar-refractivity contribution is 5.31. The van der Waals surface area contributed by atoms with Gasteiger partial charge in [0.05, 0.1) is 10.8 Å². The normalized spacial score (nSPS) is 13.0. The topological polar surface area (TPSA) is 0 Å². The molecule has 0 heterocycles. The Kier molecular flexibility index (Phi) is 38.6. The summed E-state index contributed by atoms with van der Waals surface area (Å²) in [6, 6.07) is 0. The Balaban J connectivity index is 7.27. The quantitative estimate of drug-likeness (QED) is 0.0473. The Hall–Kier alpha value is -2.64. The molecule has 0 spiro atoms. The van der Waals surface area contributed by atoms with Crippen molar-refractivity contribution in [2.75, 3.05) is 0 Å². The minimum Gasteiger partial charge on any atom is -0.119 e. The lowest BCUT2D eigenvalue weighted by atomic mass is 9.51. The number of hydrogen-bond donors (Lipinski definition) is 0. The first kappa shape index (κ1) is 53.4. The van der Waals surface area contributed by atoms with Gasteiger partial charge in [-0.1, -0.05) is 163 Å². The monoisotopic (exact) mass is 763 g/mol. The third kappa shape index (κ3) is 26.3. The van der Waals surface area contributed by atoms with Crippen molar-refractivity contribution in [3.05, 3.63) is 0 Å². The molecular formula is C56H90. The van der Waals surface area contributed by atoms with Crippen LogP contribution >= 0.6 is 0 Å². The Bertz CT molecular complexity index is 1260. The molecule has 0 aliphatic carbocycles. The van der Waals surface area contributed by atoms with Crippen LogP contribution in [-0.2, 0) is 0 Å². The second kappa shape index (κ2) is 40.6. The molecule has 0 saturated heterocycles. The summed E-state index contributed by atoms with van der Waals surface area (Å²) in [7, 11) is 0. The van der Waals surface area contributed by atoms with Gasteiger partial charge in [0.15, 0.2) is 0 Å². The number of hydrogen-bond acceptors (Lipinski definition) is 0. The van der Waals surface area contributed by atoms with Gasteiger partial charge in [-0.15, -0.1) is 59.7 Å². The van der Waals surface area contributed by atoms with Crippen molar-refractivity contribution in [1.29, 1.82) is 0 Å². The maximum absolute atomic E-state index is 6.94. The highest BCUT2D eigenvalue weighted by Crippen LogP contribution is 2.55. The van der Waals surface area contributed by atoms with Crippen LogP contribution in [0, 0.1) is 88.3 Å². The van der Waals surface area contributed by atoms with Crippen LogP contribution in [0.3, 0.4) is 0 Å². The molecule has 0 aliphatic heterocycles. The Labute approximate surface area is 353 Å². The van der Waals surface area contributed by atoms with Crippen LogP contribution in [0.4, 0.5) is 0 Å².